The van der Waals surface area contributed by atoms with E-state index in [1.165, 1.54) is 16.8 Å². The van der Waals surface area contributed by atoms with Crippen molar-refractivity contribution in [2.45, 2.75) is 6.92 Å². The predicted molar refractivity (Wildman–Crippen MR) is 79.2 cm³/mol. The maximum absolute atomic E-state index is 4.99. The smallest absolute Gasteiger partial charge is 0.0587 e. The number of anilines is 1. The van der Waals surface area contributed by atoms with E-state index in [0.717, 1.165) is 19.7 Å². The van der Waals surface area contributed by atoms with E-state index in [9.17, 15) is 0 Å². The Kier molecular flexibility index (Phi) is 6.47. The lowest BCUT2D eigenvalue weighted by molar-refractivity contribution is 0.200. The molecule has 0 aromatic heterocycles. The summed E-state index contributed by atoms with van der Waals surface area (Å²) in [5.41, 5.74) is 3.79. The molecule has 1 aromatic carbocycles. The van der Waals surface area contributed by atoms with Gasteiger partial charge in [0.15, 0.2) is 0 Å². The predicted octanol–water partition coefficient (Wildman–Crippen LogP) is 2.39. The molecule has 0 saturated heterocycles. The van der Waals surface area contributed by atoms with Gasteiger partial charge in [0.05, 0.1) is 6.61 Å². The summed E-state index contributed by atoms with van der Waals surface area (Å²) in [6.45, 7) is 4.69. The van der Waals surface area contributed by atoms with Crippen LogP contribution in [0.4, 0.5) is 5.69 Å². The van der Waals surface area contributed by atoms with Crippen LogP contribution in [0.15, 0.2) is 29.8 Å². The molecule has 3 heteroatoms. The number of benzene rings is 1. The second-order valence-electron chi connectivity index (χ2n) is 4.65. The average molecular weight is 248 g/mol. The zero-order chi connectivity index (χ0) is 13.4. The summed E-state index contributed by atoms with van der Waals surface area (Å²) < 4.78 is 4.99. The Bertz CT molecular complexity index is 369. The van der Waals surface area contributed by atoms with Gasteiger partial charge in [-0.05, 0) is 24.6 Å². The van der Waals surface area contributed by atoms with Crippen LogP contribution in [0.25, 0.3) is 6.08 Å². The second kappa shape index (κ2) is 7.90. The highest BCUT2D eigenvalue weighted by atomic mass is 16.5. The van der Waals surface area contributed by atoms with Gasteiger partial charge in [0.25, 0.3) is 0 Å². The number of rotatable bonds is 7. The van der Waals surface area contributed by atoms with Crippen LogP contribution in [-0.2, 0) is 4.74 Å². The van der Waals surface area contributed by atoms with Crippen molar-refractivity contribution in [3.05, 3.63) is 35.4 Å². The van der Waals surface area contributed by atoms with Crippen molar-refractivity contribution in [1.82, 2.24) is 5.32 Å². The van der Waals surface area contributed by atoms with Gasteiger partial charge in [0.1, 0.15) is 0 Å². The van der Waals surface area contributed by atoms with Crippen molar-refractivity contribution < 1.29 is 4.74 Å². The zero-order valence-corrected chi connectivity index (χ0v) is 11.9. The number of hydrogen-bond donors (Lipinski definition) is 1. The van der Waals surface area contributed by atoms with Crippen LogP contribution in [-0.4, -0.2) is 40.9 Å². The SMILES string of the molecule is COCCNCC(C)=Cc1ccc(N(C)C)cc1. The Hall–Kier alpha value is -1.32. The fourth-order valence-electron chi connectivity index (χ4n) is 1.66. The third kappa shape index (κ3) is 5.34. The molecule has 0 aliphatic carbocycles. The summed E-state index contributed by atoms with van der Waals surface area (Å²) in [5, 5.41) is 3.33. The highest BCUT2D eigenvalue weighted by molar-refractivity contribution is 5.57. The molecule has 3 nitrogen and oxygen atoms in total. The Morgan fingerprint density at radius 3 is 2.50 bits per heavy atom. The summed E-state index contributed by atoms with van der Waals surface area (Å²) in [6.07, 6.45) is 2.21. The molecule has 0 atom stereocenters. The van der Waals surface area contributed by atoms with E-state index in [-0.39, 0.29) is 0 Å². The standard InChI is InChI=1S/C15H24N2O/c1-13(12-16-9-10-18-4)11-14-5-7-15(8-6-14)17(2)3/h5-8,11,16H,9-10,12H2,1-4H3. The molecule has 0 unspecified atom stereocenters. The summed E-state index contributed by atoms with van der Waals surface area (Å²) in [6, 6.07) is 8.57. The lowest BCUT2D eigenvalue weighted by Gasteiger charge is -2.12. The Morgan fingerprint density at radius 2 is 1.94 bits per heavy atom. The highest BCUT2D eigenvalue weighted by Gasteiger charge is 1.95. The van der Waals surface area contributed by atoms with E-state index in [2.05, 4.69) is 61.6 Å². The monoisotopic (exact) mass is 248 g/mol. The number of nitrogens with zero attached hydrogens (tertiary/aromatic N) is 1. The molecule has 0 aliphatic rings. The molecular formula is C15H24N2O. The Labute approximate surface area is 110 Å². The van der Waals surface area contributed by atoms with Gasteiger partial charge < -0.3 is 15.0 Å². The van der Waals surface area contributed by atoms with E-state index in [0.29, 0.717) is 0 Å². The topological polar surface area (TPSA) is 24.5 Å². The molecule has 1 aromatic rings. The lowest BCUT2D eigenvalue weighted by atomic mass is 10.1. The fraction of sp³-hybridized carbons (Fsp3) is 0.467. The number of ether oxygens (including phenoxy) is 1. The summed E-state index contributed by atoms with van der Waals surface area (Å²) in [4.78, 5) is 2.10. The van der Waals surface area contributed by atoms with Gasteiger partial charge in [-0.25, -0.2) is 0 Å². The lowest BCUT2D eigenvalue weighted by Crippen LogP contribution is -2.20. The van der Waals surface area contributed by atoms with Gasteiger partial charge in [-0.1, -0.05) is 23.8 Å². The number of hydrogen-bond acceptors (Lipinski definition) is 3. The molecule has 0 amide bonds. The van der Waals surface area contributed by atoms with Gasteiger partial charge in [-0.15, -0.1) is 0 Å². The van der Waals surface area contributed by atoms with E-state index >= 15 is 0 Å². The normalized spacial score (nSPS) is 11.7. The number of nitrogens with one attached hydrogen (secondary N) is 1. The van der Waals surface area contributed by atoms with Crippen molar-refractivity contribution in [1.29, 1.82) is 0 Å². The van der Waals surface area contributed by atoms with E-state index in [1.807, 2.05) is 0 Å². The summed E-state index contributed by atoms with van der Waals surface area (Å²) >= 11 is 0. The molecule has 0 fully saturated rings. The molecule has 0 radical (unpaired) electrons. The average Bonchev–Trinajstić information content (AvgIpc) is 2.35. The summed E-state index contributed by atoms with van der Waals surface area (Å²) in [7, 11) is 5.82. The maximum atomic E-state index is 4.99. The van der Waals surface area contributed by atoms with Gasteiger partial charge in [-0.2, -0.15) is 0 Å². The molecule has 1 N–H and O–H groups in total. The van der Waals surface area contributed by atoms with Crippen LogP contribution in [0.2, 0.25) is 0 Å². The van der Waals surface area contributed by atoms with Crippen LogP contribution in [0.3, 0.4) is 0 Å². The third-order valence-corrected chi connectivity index (χ3v) is 2.71. The molecule has 0 saturated carbocycles. The molecule has 18 heavy (non-hydrogen) atoms. The van der Waals surface area contributed by atoms with Gasteiger partial charge in [-0.3, -0.25) is 0 Å². The minimum atomic E-state index is 0.755. The van der Waals surface area contributed by atoms with Crippen LogP contribution in [0, 0.1) is 0 Å². The molecule has 0 heterocycles. The molecule has 0 spiro atoms. The molecule has 100 valence electrons. The van der Waals surface area contributed by atoms with Crippen molar-refractivity contribution in [3.8, 4) is 0 Å². The number of methoxy groups -OCH3 is 1. The Morgan fingerprint density at radius 1 is 1.28 bits per heavy atom. The molecule has 1 rings (SSSR count). The zero-order valence-electron chi connectivity index (χ0n) is 11.9. The first-order valence-corrected chi connectivity index (χ1v) is 6.27. The van der Waals surface area contributed by atoms with E-state index < -0.39 is 0 Å². The van der Waals surface area contributed by atoms with Crippen molar-refractivity contribution in [2.24, 2.45) is 0 Å². The molecule has 0 bridgehead atoms. The Balaban J connectivity index is 2.49. The third-order valence-electron chi connectivity index (χ3n) is 2.71. The van der Waals surface area contributed by atoms with Crippen LogP contribution in [0.1, 0.15) is 12.5 Å². The van der Waals surface area contributed by atoms with Crippen LogP contribution in [0.5, 0.6) is 0 Å². The van der Waals surface area contributed by atoms with Crippen LogP contribution >= 0.6 is 0 Å². The molecular weight excluding hydrogens is 224 g/mol. The first kappa shape index (κ1) is 14.7. The quantitative estimate of drug-likeness (QED) is 0.750. The first-order valence-electron chi connectivity index (χ1n) is 6.27. The van der Waals surface area contributed by atoms with Crippen LogP contribution < -0.4 is 10.2 Å². The van der Waals surface area contributed by atoms with Gasteiger partial charge >= 0.3 is 0 Å². The van der Waals surface area contributed by atoms with Crippen molar-refractivity contribution in [2.75, 3.05) is 45.8 Å². The van der Waals surface area contributed by atoms with E-state index in [1.54, 1.807) is 7.11 Å². The van der Waals surface area contributed by atoms with Gasteiger partial charge in [0, 0.05) is 40.0 Å². The van der Waals surface area contributed by atoms with E-state index in [4.69, 9.17) is 4.74 Å². The fourth-order valence-corrected chi connectivity index (χ4v) is 1.66. The minimum absolute atomic E-state index is 0.755. The van der Waals surface area contributed by atoms with Crippen molar-refractivity contribution in [3.63, 3.8) is 0 Å². The van der Waals surface area contributed by atoms with Gasteiger partial charge in [0.2, 0.25) is 0 Å². The summed E-state index contributed by atoms with van der Waals surface area (Å²) in [5.74, 6) is 0. The van der Waals surface area contributed by atoms with Crippen molar-refractivity contribution >= 4 is 11.8 Å². The first-order chi connectivity index (χ1) is 8.63. The maximum Gasteiger partial charge on any atom is 0.0587 e. The largest absolute Gasteiger partial charge is 0.383 e. The highest BCUT2D eigenvalue weighted by Crippen LogP contribution is 2.14. The molecule has 0 aliphatic heterocycles. The minimum Gasteiger partial charge on any atom is -0.383 e. The second-order valence-corrected chi connectivity index (χ2v) is 4.65.